The van der Waals surface area contributed by atoms with Crippen molar-refractivity contribution in [3.05, 3.63) is 33.8 Å². The molecule has 0 saturated carbocycles. The van der Waals surface area contributed by atoms with E-state index < -0.39 is 0 Å². The lowest BCUT2D eigenvalue weighted by Crippen LogP contribution is -2.18. The zero-order valence-electron chi connectivity index (χ0n) is 10.6. The second-order valence-electron chi connectivity index (χ2n) is 4.81. The molecule has 0 aliphatic rings. The van der Waals surface area contributed by atoms with Gasteiger partial charge >= 0.3 is 0 Å². The minimum atomic E-state index is 0.0549. The molecule has 1 aromatic carbocycles. The van der Waals surface area contributed by atoms with Crippen LogP contribution in [0.15, 0.2) is 12.1 Å². The second kappa shape index (κ2) is 5.01. The van der Waals surface area contributed by atoms with Crippen molar-refractivity contribution in [2.75, 3.05) is 0 Å². The third-order valence-corrected chi connectivity index (χ3v) is 3.59. The highest BCUT2D eigenvalue weighted by Crippen LogP contribution is 2.24. The number of hydrogen-bond acceptors (Lipinski definition) is 1. The van der Waals surface area contributed by atoms with Crippen molar-refractivity contribution in [2.24, 2.45) is 11.8 Å². The van der Waals surface area contributed by atoms with E-state index >= 15 is 0 Å². The molecule has 0 aromatic heterocycles. The first-order valence-electron chi connectivity index (χ1n) is 5.65. The number of aryl methyl sites for hydroxylation is 2. The van der Waals surface area contributed by atoms with Gasteiger partial charge in [-0.1, -0.05) is 32.4 Å². The summed E-state index contributed by atoms with van der Waals surface area (Å²) in [7, 11) is 0. The average molecular weight is 239 g/mol. The summed E-state index contributed by atoms with van der Waals surface area (Å²) in [6.45, 7) is 9.99. The normalized spacial score (nSPS) is 12.9. The molecule has 1 rings (SSSR count). The third-order valence-electron chi connectivity index (χ3n) is 3.18. The molecule has 88 valence electrons. The molecule has 0 amide bonds. The summed E-state index contributed by atoms with van der Waals surface area (Å²) < 4.78 is 0. The van der Waals surface area contributed by atoms with Crippen LogP contribution in [0, 0.1) is 25.7 Å². The smallest absolute Gasteiger partial charge is 0.166 e. The Labute approximate surface area is 103 Å². The lowest BCUT2D eigenvalue weighted by molar-refractivity contribution is 0.0899. The summed E-state index contributed by atoms with van der Waals surface area (Å²) in [6.07, 6.45) is 0. The monoisotopic (exact) mass is 238 g/mol. The summed E-state index contributed by atoms with van der Waals surface area (Å²) >= 11 is 6.02. The number of benzene rings is 1. The summed E-state index contributed by atoms with van der Waals surface area (Å²) in [5, 5.41) is 0.728. The van der Waals surface area contributed by atoms with Gasteiger partial charge < -0.3 is 0 Å². The van der Waals surface area contributed by atoms with Crippen molar-refractivity contribution in [1.82, 2.24) is 0 Å². The van der Waals surface area contributed by atoms with E-state index in [1.54, 1.807) is 0 Å². The molecular formula is C14H19ClO. The van der Waals surface area contributed by atoms with E-state index in [4.69, 9.17) is 11.6 Å². The molecule has 2 heteroatoms. The van der Waals surface area contributed by atoms with Gasteiger partial charge in [0.2, 0.25) is 0 Å². The molecule has 0 spiro atoms. The summed E-state index contributed by atoms with van der Waals surface area (Å²) in [4.78, 5) is 12.2. The number of Topliss-reactive ketones (excluding diaryl/α,β-unsaturated/α-hetero) is 1. The van der Waals surface area contributed by atoms with Crippen LogP contribution >= 0.6 is 11.6 Å². The van der Waals surface area contributed by atoms with Crippen LogP contribution < -0.4 is 0 Å². The Balaban J connectivity index is 3.14. The first kappa shape index (κ1) is 13.2. The molecule has 0 fully saturated rings. The SMILES string of the molecule is Cc1cc(C(=O)C(C)C(C)C)c(C)cc1Cl. The number of rotatable bonds is 3. The number of carbonyl (C=O) groups is 1. The topological polar surface area (TPSA) is 17.1 Å². The van der Waals surface area contributed by atoms with Crippen LogP contribution in [0.25, 0.3) is 0 Å². The van der Waals surface area contributed by atoms with Crippen LogP contribution in [0.4, 0.5) is 0 Å². The van der Waals surface area contributed by atoms with Crippen molar-refractivity contribution >= 4 is 17.4 Å². The van der Waals surface area contributed by atoms with E-state index in [1.165, 1.54) is 0 Å². The van der Waals surface area contributed by atoms with Crippen molar-refractivity contribution in [2.45, 2.75) is 34.6 Å². The molecule has 1 nitrogen and oxygen atoms in total. The van der Waals surface area contributed by atoms with Gasteiger partial charge in [-0.2, -0.15) is 0 Å². The minimum Gasteiger partial charge on any atom is -0.294 e. The van der Waals surface area contributed by atoms with Crippen LogP contribution in [0.2, 0.25) is 5.02 Å². The quantitative estimate of drug-likeness (QED) is 0.712. The fourth-order valence-electron chi connectivity index (χ4n) is 1.59. The van der Waals surface area contributed by atoms with Crippen LogP contribution in [0.5, 0.6) is 0 Å². The number of hydrogen-bond donors (Lipinski definition) is 0. The summed E-state index contributed by atoms with van der Waals surface area (Å²) in [5.74, 6) is 0.634. The molecule has 0 radical (unpaired) electrons. The van der Waals surface area contributed by atoms with Gasteiger partial charge in [0.25, 0.3) is 0 Å². The van der Waals surface area contributed by atoms with Gasteiger partial charge in [-0.3, -0.25) is 4.79 Å². The molecular weight excluding hydrogens is 220 g/mol. The van der Waals surface area contributed by atoms with Crippen LogP contribution in [-0.4, -0.2) is 5.78 Å². The molecule has 1 unspecified atom stereocenters. The second-order valence-corrected chi connectivity index (χ2v) is 5.22. The Morgan fingerprint density at radius 1 is 1.12 bits per heavy atom. The number of halogens is 1. The number of ketones is 1. The fraction of sp³-hybridized carbons (Fsp3) is 0.500. The Kier molecular flexibility index (Phi) is 4.15. The third kappa shape index (κ3) is 2.65. The highest BCUT2D eigenvalue weighted by atomic mass is 35.5. The number of carbonyl (C=O) groups excluding carboxylic acids is 1. The fourth-order valence-corrected chi connectivity index (χ4v) is 1.81. The lowest BCUT2D eigenvalue weighted by atomic mass is 9.87. The highest BCUT2D eigenvalue weighted by Gasteiger charge is 2.20. The lowest BCUT2D eigenvalue weighted by Gasteiger charge is -2.16. The zero-order valence-corrected chi connectivity index (χ0v) is 11.4. The van der Waals surface area contributed by atoms with E-state index in [1.807, 2.05) is 32.9 Å². The van der Waals surface area contributed by atoms with Gasteiger partial charge in [0.05, 0.1) is 0 Å². The molecule has 0 aliphatic carbocycles. The van der Waals surface area contributed by atoms with Gasteiger partial charge in [-0.25, -0.2) is 0 Å². The average Bonchev–Trinajstić information content (AvgIpc) is 2.21. The standard InChI is InChI=1S/C14H19ClO/c1-8(2)11(5)14(16)12-6-10(4)13(15)7-9(12)3/h6-8,11H,1-5H3. The predicted molar refractivity (Wildman–Crippen MR) is 69.3 cm³/mol. The van der Waals surface area contributed by atoms with E-state index in [0.29, 0.717) is 5.92 Å². The largest absolute Gasteiger partial charge is 0.294 e. The Bertz CT molecular complexity index is 407. The molecule has 1 atom stereocenters. The maximum absolute atomic E-state index is 12.2. The molecule has 1 aromatic rings. The Morgan fingerprint density at radius 3 is 2.19 bits per heavy atom. The maximum atomic E-state index is 12.2. The molecule has 0 bridgehead atoms. The van der Waals surface area contributed by atoms with Crippen molar-refractivity contribution in [1.29, 1.82) is 0 Å². The van der Waals surface area contributed by atoms with Crippen molar-refractivity contribution in [3.8, 4) is 0 Å². The van der Waals surface area contributed by atoms with Gasteiger partial charge in [0.15, 0.2) is 5.78 Å². The van der Waals surface area contributed by atoms with Gasteiger partial charge in [0, 0.05) is 16.5 Å². The van der Waals surface area contributed by atoms with Gasteiger partial charge in [0.1, 0.15) is 0 Å². The van der Waals surface area contributed by atoms with E-state index in [0.717, 1.165) is 21.7 Å². The zero-order chi connectivity index (χ0) is 12.5. The van der Waals surface area contributed by atoms with Crippen LogP contribution in [0.3, 0.4) is 0 Å². The summed E-state index contributed by atoms with van der Waals surface area (Å²) in [5.41, 5.74) is 2.74. The summed E-state index contributed by atoms with van der Waals surface area (Å²) in [6, 6.07) is 3.77. The first-order chi connectivity index (χ1) is 7.34. The van der Waals surface area contributed by atoms with E-state index in [9.17, 15) is 4.79 Å². The van der Waals surface area contributed by atoms with Crippen LogP contribution in [-0.2, 0) is 0 Å². The van der Waals surface area contributed by atoms with E-state index in [2.05, 4.69) is 13.8 Å². The Morgan fingerprint density at radius 2 is 1.69 bits per heavy atom. The Hall–Kier alpha value is -0.820. The van der Waals surface area contributed by atoms with Gasteiger partial charge in [-0.05, 0) is 43.0 Å². The molecule has 0 heterocycles. The van der Waals surface area contributed by atoms with E-state index in [-0.39, 0.29) is 11.7 Å². The first-order valence-corrected chi connectivity index (χ1v) is 6.03. The predicted octanol–water partition coefficient (Wildman–Crippen LogP) is 4.43. The van der Waals surface area contributed by atoms with Crippen molar-refractivity contribution in [3.63, 3.8) is 0 Å². The molecule has 0 saturated heterocycles. The molecule has 0 aliphatic heterocycles. The van der Waals surface area contributed by atoms with Crippen LogP contribution in [0.1, 0.15) is 42.3 Å². The molecule has 0 N–H and O–H groups in total. The van der Waals surface area contributed by atoms with Gasteiger partial charge in [-0.15, -0.1) is 0 Å². The highest BCUT2D eigenvalue weighted by molar-refractivity contribution is 6.31. The van der Waals surface area contributed by atoms with Crippen molar-refractivity contribution < 1.29 is 4.79 Å². The maximum Gasteiger partial charge on any atom is 0.166 e. The minimum absolute atomic E-state index is 0.0549. The molecule has 16 heavy (non-hydrogen) atoms.